The molecule has 3 atom stereocenters. The third-order valence-corrected chi connectivity index (χ3v) is 4.85. The van der Waals surface area contributed by atoms with Crippen molar-refractivity contribution < 1.29 is 29.0 Å². The summed E-state index contributed by atoms with van der Waals surface area (Å²) in [6.45, 7) is -0.209. The van der Waals surface area contributed by atoms with Gasteiger partial charge in [-0.2, -0.15) is 0 Å². The highest BCUT2D eigenvalue weighted by Crippen LogP contribution is 2.28. The van der Waals surface area contributed by atoms with E-state index in [0.29, 0.717) is 12.3 Å². The van der Waals surface area contributed by atoms with E-state index < -0.39 is 36.0 Å². The Hall–Kier alpha value is -1.67. The number of nitrogens with two attached hydrogens (primary N) is 1. The summed E-state index contributed by atoms with van der Waals surface area (Å²) in [5.74, 6) is -1.47. The highest BCUT2D eigenvalue weighted by Gasteiger charge is 2.33. The molecule has 142 valence electrons. The monoisotopic (exact) mass is 356 g/mol. The van der Waals surface area contributed by atoms with E-state index in [1.165, 1.54) is 6.42 Å². The number of rotatable bonds is 2. The molecule has 1 aliphatic carbocycles. The smallest absolute Gasteiger partial charge is 0.337 e. The molecule has 8 heteroatoms. The first-order chi connectivity index (χ1) is 12.0. The number of nitrogens with one attached hydrogen (secondary N) is 1. The second-order valence-corrected chi connectivity index (χ2v) is 6.83. The zero-order valence-electron chi connectivity index (χ0n) is 14.4. The second-order valence-electron chi connectivity index (χ2n) is 6.83. The van der Waals surface area contributed by atoms with Crippen LogP contribution < -0.4 is 11.1 Å². The third kappa shape index (κ3) is 6.28. The van der Waals surface area contributed by atoms with Crippen molar-refractivity contribution in [3.8, 4) is 0 Å². The normalized spacial score (nSPS) is 31.0. The van der Waals surface area contributed by atoms with Gasteiger partial charge < -0.3 is 25.6 Å². The van der Waals surface area contributed by atoms with Crippen LogP contribution in [0, 0.1) is 5.92 Å². The highest BCUT2D eigenvalue weighted by atomic mass is 16.6. The van der Waals surface area contributed by atoms with E-state index in [1.807, 2.05) is 0 Å². The van der Waals surface area contributed by atoms with Crippen LogP contribution in [0.4, 0.5) is 0 Å². The third-order valence-electron chi connectivity index (χ3n) is 4.85. The molecule has 25 heavy (non-hydrogen) atoms. The lowest BCUT2D eigenvalue weighted by atomic mass is 9.83. The number of hydrogen-bond acceptors (Lipinski definition) is 7. The van der Waals surface area contributed by atoms with Gasteiger partial charge in [-0.1, -0.05) is 32.1 Å². The van der Waals surface area contributed by atoms with Gasteiger partial charge in [0.2, 0.25) is 5.91 Å². The molecule has 0 radical (unpaired) electrons. The van der Waals surface area contributed by atoms with Crippen LogP contribution in [0.2, 0.25) is 0 Å². The Kier molecular flexibility index (Phi) is 7.64. The standard InChI is InChI=1S/C17H28N2O6/c18-12-6-7-14(20)24-8-9-25-17(23)15(21)13(19-16(12)22)10-11-4-2-1-3-5-11/h11-13,15,21H,1-10,18H2,(H,19,22)/t12-,13-,15+/m0/s1. The summed E-state index contributed by atoms with van der Waals surface area (Å²) < 4.78 is 9.83. The van der Waals surface area contributed by atoms with Crippen molar-refractivity contribution in [2.75, 3.05) is 13.2 Å². The van der Waals surface area contributed by atoms with Crippen molar-refractivity contribution in [1.82, 2.24) is 5.32 Å². The van der Waals surface area contributed by atoms with Crippen LogP contribution in [0.3, 0.4) is 0 Å². The maximum Gasteiger partial charge on any atom is 0.337 e. The van der Waals surface area contributed by atoms with Gasteiger partial charge in [-0.25, -0.2) is 4.79 Å². The van der Waals surface area contributed by atoms with Crippen LogP contribution >= 0.6 is 0 Å². The van der Waals surface area contributed by atoms with Crippen molar-refractivity contribution in [2.24, 2.45) is 11.7 Å². The first kappa shape index (κ1) is 19.7. The average Bonchev–Trinajstić information content (AvgIpc) is 2.62. The molecule has 1 amide bonds. The Bertz CT molecular complexity index is 478. The molecule has 8 nitrogen and oxygen atoms in total. The van der Waals surface area contributed by atoms with Crippen LogP contribution in [-0.4, -0.2) is 54.4 Å². The van der Waals surface area contributed by atoms with E-state index in [1.54, 1.807) is 0 Å². The van der Waals surface area contributed by atoms with Gasteiger partial charge in [0.15, 0.2) is 6.10 Å². The molecule has 0 unspecified atom stereocenters. The van der Waals surface area contributed by atoms with Crippen molar-refractivity contribution in [3.63, 3.8) is 0 Å². The Morgan fingerprint density at radius 1 is 1.04 bits per heavy atom. The number of carbonyl (C=O) groups excluding carboxylic acids is 3. The molecule has 1 aliphatic heterocycles. The summed E-state index contributed by atoms with van der Waals surface area (Å²) in [5, 5.41) is 13.0. The molecular weight excluding hydrogens is 328 g/mol. The van der Waals surface area contributed by atoms with Crippen LogP contribution in [0.1, 0.15) is 51.4 Å². The van der Waals surface area contributed by atoms with Crippen molar-refractivity contribution in [3.05, 3.63) is 0 Å². The zero-order valence-corrected chi connectivity index (χ0v) is 14.4. The number of aliphatic hydroxyl groups excluding tert-OH is 1. The molecule has 4 N–H and O–H groups in total. The second kappa shape index (κ2) is 9.72. The zero-order chi connectivity index (χ0) is 18.2. The van der Waals surface area contributed by atoms with Gasteiger partial charge in [0.1, 0.15) is 13.2 Å². The molecule has 0 aromatic rings. The predicted molar refractivity (Wildman–Crippen MR) is 88.3 cm³/mol. The van der Waals surface area contributed by atoms with E-state index in [0.717, 1.165) is 25.7 Å². The van der Waals surface area contributed by atoms with Gasteiger partial charge in [-0.3, -0.25) is 9.59 Å². The van der Waals surface area contributed by atoms with Crippen molar-refractivity contribution in [2.45, 2.75) is 69.6 Å². The van der Waals surface area contributed by atoms with Crippen LogP contribution in [-0.2, 0) is 23.9 Å². The lowest BCUT2D eigenvalue weighted by Gasteiger charge is -2.29. The molecule has 0 aromatic carbocycles. The minimum Gasteiger partial charge on any atom is -0.462 e. The maximum absolute atomic E-state index is 12.3. The molecule has 0 aromatic heterocycles. The number of aliphatic hydroxyl groups is 1. The van der Waals surface area contributed by atoms with Gasteiger partial charge in [0.25, 0.3) is 0 Å². The van der Waals surface area contributed by atoms with Crippen LogP contribution in [0.15, 0.2) is 0 Å². The molecule has 1 saturated carbocycles. The Morgan fingerprint density at radius 3 is 2.44 bits per heavy atom. The summed E-state index contributed by atoms with van der Waals surface area (Å²) in [6, 6.07) is -1.64. The van der Waals surface area contributed by atoms with E-state index in [9.17, 15) is 19.5 Å². The van der Waals surface area contributed by atoms with Crippen molar-refractivity contribution in [1.29, 1.82) is 0 Å². The van der Waals surface area contributed by atoms with Gasteiger partial charge in [0, 0.05) is 6.42 Å². The van der Waals surface area contributed by atoms with Crippen molar-refractivity contribution >= 4 is 17.8 Å². The average molecular weight is 356 g/mol. The SMILES string of the molecule is N[C@H]1CCC(=O)OCCOC(=O)[C@H](O)[C@H](CC2CCCCC2)NC1=O. The molecule has 2 aliphatic rings. The summed E-state index contributed by atoms with van der Waals surface area (Å²) in [7, 11) is 0. The number of cyclic esters (lactones) is 2. The maximum atomic E-state index is 12.3. The number of amides is 1. The molecule has 1 saturated heterocycles. The summed E-state index contributed by atoms with van der Waals surface area (Å²) in [4.78, 5) is 35.8. The first-order valence-corrected chi connectivity index (χ1v) is 9.03. The number of ether oxygens (including phenoxy) is 2. The Morgan fingerprint density at radius 2 is 1.72 bits per heavy atom. The molecule has 1 heterocycles. The van der Waals surface area contributed by atoms with Crippen LogP contribution in [0.25, 0.3) is 0 Å². The van der Waals surface area contributed by atoms with E-state index >= 15 is 0 Å². The fraction of sp³-hybridized carbons (Fsp3) is 0.824. The molecular formula is C17H28N2O6. The fourth-order valence-corrected chi connectivity index (χ4v) is 3.36. The van der Waals surface area contributed by atoms with Crippen LogP contribution in [0.5, 0.6) is 0 Å². The van der Waals surface area contributed by atoms with E-state index in [-0.39, 0.29) is 26.1 Å². The van der Waals surface area contributed by atoms with Gasteiger partial charge >= 0.3 is 11.9 Å². The summed E-state index contributed by atoms with van der Waals surface area (Å²) >= 11 is 0. The largest absolute Gasteiger partial charge is 0.462 e. The topological polar surface area (TPSA) is 128 Å². The minimum absolute atomic E-state index is 0.0123. The number of hydrogen-bond donors (Lipinski definition) is 3. The molecule has 0 spiro atoms. The van der Waals surface area contributed by atoms with E-state index in [4.69, 9.17) is 15.2 Å². The minimum atomic E-state index is -1.46. The lowest BCUT2D eigenvalue weighted by molar-refractivity contribution is -0.160. The lowest BCUT2D eigenvalue weighted by Crippen LogP contribution is -2.53. The molecule has 2 fully saturated rings. The van der Waals surface area contributed by atoms with Gasteiger partial charge in [-0.15, -0.1) is 0 Å². The predicted octanol–water partition coefficient (Wildman–Crippen LogP) is 0.0100. The number of esters is 2. The molecule has 2 rings (SSSR count). The Balaban J connectivity index is 2.07. The quantitative estimate of drug-likeness (QED) is 0.595. The highest BCUT2D eigenvalue weighted by molar-refractivity contribution is 5.84. The van der Waals surface area contributed by atoms with Gasteiger partial charge in [0.05, 0.1) is 12.1 Å². The van der Waals surface area contributed by atoms with E-state index in [2.05, 4.69) is 5.32 Å². The number of carbonyl (C=O) groups is 3. The Labute approximate surface area is 147 Å². The summed E-state index contributed by atoms with van der Waals surface area (Å²) in [6.07, 6.45) is 4.65. The van der Waals surface area contributed by atoms with Gasteiger partial charge in [-0.05, 0) is 18.8 Å². The molecule has 0 bridgehead atoms. The first-order valence-electron chi connectivity index (χ1n) is 9.03. The summed E-state index contributed by atoms with van der Waals surface area (Å²) in [5.41, 5.74) is 5.82. The fourth-order valence-electron chi connectivity index (χ4n) is 3.36.